The van der Waals surface area contributed by atoms with Crippen LogP contribution in [0, 0.1) is 11.8 Å². The van der Waals surface area contributed by atoms with Gasteiger partial charge in [-0.1, -0.05) is 35.2 Å². The number of benzene rings is 2. The summed E-state index contributed by atoms with van der Waals surface area (Å²) in [6.45, 7) is 0.828. The summed E-state index contributed by atoms with van der Waals surface area (Å²) in [6, 6.07) is 14.7. The maximum absolute atomic E-state index is 13.2. The predicted molar refractivity (Wildman–Crippen MR) is 134 cm³/mol. The molecule has 3 aromatic rings. The summed E-state index contributed by atoms with van der Waals surface area (Å²) in [5.41, 5.74) is 1.60. The highest BCUT2D eigenvalue weighted by Crippen LogP contribution is 2.27. The molecule has 1 aliphatic heterocycles. The number of halogens is 2. The Hall–Kier alpha value is -3.09. The lowest BCUT2D eigenvalue weighted by molar-refractivity contribution is 0.0698. The lowest BCUT2D eigenvalue weighted by atomic mass is 10.1. The van der Waals surface area contributed by atoms with E-state index in [1.54, 1.807) is 41.4 Å². The number of nitrogens with zero attached hydrogens (tertiary/aromatic N) is 3. The van der Waals surface area contributed by atoms with Crippen molar-refractivity contribution in [2.24, 2.45) is 0 Å². The number of amides is 1. The molecule has 7 nitrogen and oxygen atoms in total. The number of methoxy groups -OCH3 is 1. The number of carbonyl (C=O) groups is 1. The Balaban J connectivity index is 1.48. The molecule has 1 fully saturated rings. The fraction of sp³-hybridized carbons (Fsp3) is 0.200. The van der Waals surface area contributed by atoms with Crippen molar-refractivity contribution in [3.63, 3.8) is 0 Å². The molecule has 0 atom stereocenters. The van der Waals surface area contributed by atoms with Gasteiger partial charge in [-0.05, 0) is 54.5 Å². The summed E-state index contributed by atoms with van der Waals surface area (Å²) < 4.78 is 32.7. The number of aromatic nitrogens is 1. The third-order valence-electron chi connectivity index (χ3n) is 5.49. The summed E-state index contributed by atoms with van der Waals surface area (Å²) in [6.07, 6.45) is 1.66. The zero-order valence-corrected chi connectivity index (χ0v) is 21.1. The van der Waals surface area contributed by atoms with E-state index in [0.29, 0.717) is 22.6 Å². The van der Waals surface area contributed by atoms with E-state index in [4.69, 9.17) is 27.9 Å². The number of rotatable bonds is 4. The van der Waals surface area contributed by atoms with Crippen LogP contribution in [-0.2, 0) is 10.0 Å². The largest absolute Gasteiger partial charge is 0.495 e. The molecule has 0 saturated carbocycles. The van der Waals surface area contributed by atoms with Crippen LogP contribution < -0.4 is 4.74 Å². The zero-order valence-electron chi connectivity index (χ0n) is 18.7. The van der Waals surface area contributed by atoms with Gasteiger partial charge in [0.2, 0.25) is 10.0 Å². The molecule has 4 rings (SSSR count). The van der Waals surface area contributed by atoms with Gasteiger partial charge < -0.3 is 9.64 Å². The minimum absolute atomic E-state index is 0.0675. The Bertz CT molecular complexity index is 1410. The number of ether oxygens (including phenoxy) is 1. The maximum Gasteiger partial charge on any atom is 0.253 e. The van der Waals surface area contributed by atoms with Crippen LogP contribution in [0.15, 0.2) is 65.7 Å². The Labute approximate surface area is 214 Å². The summed E-state index contributed by atoms with van der Waals surface area (Å²) in [7, 11) is -2.21. The van der Waals surface area contributed by atoms with Crippen molar-refractivity contribution in [2.75, 3.05) is 33.3 Å². The van der Waals surface area contributed by atoms with Gasteiger partial charge in [-0.3, -0.25) is 4.79 Å². The van der Waals surface area contributed by atoms with Crippen LogP contribution in [0.25, 0.3) is 0 Å². The van der Waals surface area contributed by atoms with Crippen molar-refractivity contribution in [2.45, 2.75) is 4.90 Å². The van der Waals surface area contributed by atoms with E-state index in [0.717, 1.165) is 0 Å². The lowest BCUT2D eigenvalue weighted by Crippen LogP contribution is -2.50. The topological polar surface area (TPSA) is 79.8 Å². The molecule has 10 heteroatoms. The van der Waals surface area contributed by atoms with Crippen molar-refractivity contribution in [3.05, 3.63) is 87.7 Å². The van der Waals surface area contributed by atoms with Crippen LogP contribution in [0.2, 0.25) is 10.0 Å². The SMILES string of the molecule is COc1ccc(C(=O)N2CCN(S(=O)(=O)c3ccc(Cl)c(Cl)c3)CC2)cc1C#Cc1ccccn1. The quantitative estimate of drug-likeness (QED) is 0.478. The molecule has 0 aliphatic carbocycles. The van der Waals surface area contributed by atoms with Gasteiger partial charge >= 0.3 is 0 Å². The highest BCUT2D eigenvalue weighted by molar-refractivity contribution is 7.89. The molecule has 180 valence electrons. The molecule has 0 radical (unpaired) electrons. The highest BCUT2D eigenvalue weighted by atomic mass is 35.5. The standard InChI is InChI=1S/C25H21Cl2N3O4S/c1-34-24-10-6-19(16-18(24)5-7-20-4-2-3-11-28-20)25(31)29-12-14-30(15-13-29)35(32,33)21-8-9-22(26)23(27)17-21/h2-4,6,8-11,16-17H,12-15H2,1H3. The number of hydrogen-bond acceptors (Lipinski definition) is 5. The first kappa shape index (κ1) is 25.0. The van der Waals surface area contributed by atoms with Gasteiger partial charge in [-0.15, -0.1) is 0 Å². The normalized spacial score (nSPS) is 14.2. The van der Waals surface area contributed by atoms with Crippen molar-refractivity contribution in [1.82, 2.24) is 14.2 Å². The number of piperazine rings is 1. The Kier molecular flexibility index (Phi) is 7.63. The van der Waals surface area contributed by atoms with Crippen molar-refractivity contribution in [3.8, 4) is 17.6 Å². The molecule has 1 amide bonds. The van der Waals surface area contributed by atoms with Crippen LogP contribution in [0.5, 0.6) is 5.75 Å². The molecular weight excluding hydrogens is 509 g/mol. The molecule has 0 N–H and O–H groups in total. The molecule has 1 aliphatic rings. The third kappa shape index (κ3) is 5.60. The number of carbonyl (C=O) groups excluding carboxylic acids is 1. The molecule has 2 aromatic carbocycles. The van der Waals surface area contributed by atoms with Crippen LogP contribution in [-0.4, -0.2) is 61.8 Å². The molecule has 2 heterocycles. The summed E-state index contributed by atoms with van der Waals surface area (Å²) in [5.74, 6) is 6.32. The van der Waals surface area contributed by atoms with Gasteiger partial charge in [-0.2, -0.15) is 4.31 Å². The fourth-order valence-electron chi connectivity index (χ4n) is 3.61. The predicted octanol–water partition coefficient (Wildman–Crippen LogP) is 3.94. The van der Waals surface area contributed by atoms with Crippen molar-refractivity contribution in [1.29, 1.82) is 0 Å². The minimum atomic E-state index is -3.75. The zero-order chi connectivity index (χ0) is 25.0. The van der Waals surface area contributed by atoms with E-state index < -0.39 is 10.0 Å². The van der Waals surface area contributed by atoms with Crippen molar-refractivity contribution >= 4 is 39.1 Å². The molecule has 0 unspecified atom stereocenters. The van der Waals surface area contributed by atoms with E-state index in [9.17, 15) is 13.2 Å². The maximum atomic E-state index is 13.2. The van der Waals surface area contributed by atoms with E-state index in [1.165, 1.54) is 29.6 Å². The van der Waals surface area contributed by atoms with Crippen LogP contribution in [0.4, 0.5) is 0 Å². The second-order valence-corrected chi connectivity index (χ2v) is 10.4. The van der Waals surface area contributed by atoms with Gasteiger partial charge in [-0.25, -0.2) is 13.4 Å². The second kappa shape index (κ2) is 10.7. The molecule has 1 aromatic heterocycles. The van der Waals surface area contributed by atoms with E-state index in [-0.39, 0.29) is 47.0 Å². The number of pyridine rings is 1. The highest BCUT2D eigenvalue weighted by Gasteiger charge is 2.31. The summed E-state index contributed by atoms with van der Waals surface area (Å²) in [4.78, 5) is 19.0. The molecule has 0 bridgehead atoms. The first-order valence-corrected chi connectivity index (χ1v) is 12.8. The second-order valence-electron chi connectivity index (χ2n) is 7.65. The molecular formula is C25H21Cl2N3O4S. The Morgan fingerprint density at radius 3 is 2.40 bits per heavy atom. The van der Waals surface area contributed by atoms with Gasteiger partial charge in [0.15, 0.2) is 0 Å². The van der Waals surface area contributed by atoms with Gasteiger partial charge in [0, 0.05) is 37.9 Å². The Morgan fingerprint density at radius 2 is 1.74 bits per heavy atom. The smallest absolute Gasteiger partial charge is 0.253 e. The van der Waals surface area contributed by atoms with Gasteiger partial charge in [0.25, 0.3) is 5.91 Å². The fourth-order valence-corrected chi connectivity index (χ4v) is 5.42. The third-order valence-corrected chi connectivity index (χ3v) is 8.12. The van der Waals surface area contributed by atoms with Crippen LogP contribution in [0.1, 0.15) is 21.6 Å². The average molecular weight is 530 g/mol. The lowest BCUT2D eigenvalue weighted by Gasteiger charge is -2.34. The van der Waals surface area contributed by atoms with Gasteiger partial charge in [0.05, 0.1) is 27.6 Å². The van der Waals surface area contributed by atoms with E-state index in [1.807, 2.05) is 6.07 Å². The van der Waals surface area contributed by atoms with Crippen molar-refractivity contribution < 1.29 is 17.9 Å². The van der Waals surface area contributed by atoms with Gasteiger partial charge in [0.1, 0.15) is 11.4 Å². The van der Waals surface area contributed by atoms with Crippen LogP contribution >= 0.6 is 23.2 Å². The number of sulfonamides is 1. The summed E-state index contributed by atoms with van der Waals surface area (Å²) in [5, 5.41) is 0.452. The average Bonchev–Trinajstić information content (AvgIpc) is 2.89. The minimum Gasteiger partial charge on any atom is -0.495 e. The van der Waals surface area contributed by atoms with Crippen LogP contribution in [0.3, 0.4) is 0 Å². The molecule has 0 spiro atoms. The first-order chi connectivity index (χ1) is 16.8. The Morgan fingerprint density at radius 1 is 0.971 bits per heavy atom. The summed E-state index contributed by atoms with van der Waals surface area (Å²) >= 11 is 11.9. The molecule has 35 heavy (non-hydrogen) atoms. The first-order valence-electron chi connectivity index (χ1n) is 10.6. The monoisotopic (exact) mass is 529 g/mol. The van der Waals surface area contributed by atoms with E-state index in [2.05, 4.69) is 16.8 Å². The van der Waals surface area contributed by atoms with E-state index >= 15 is 0 Å². The molecule has 1 saturated heterocycles. The number of hydrogen-bond donors (Lipinski definition) is 0.